The molecule has 0 radical (unpaired) electrons. The summed E-state index contributed by atoms with van der Waals surface area (Å²) < 4.78 is 10.8. The number of carboxylic acid groups (broad SMARTS) is 1. The molecule has 1 amide bonds. The molecule has 1 aromatic rings. The van der Waals surface area contributed by atoms with Gasteiger partial charge in [-0.2, -0.15) is 0 Å². The third-order valence-corrected chi connectivity index (χ3v) is 2.53. The van der Waals surface area contributed by atoms with Gasteiger partial charge in [-0.05, 0) is 24.1 Å². The van der Waals surface area contributed by atoms with Crippen molar-refractivity contribution in [1.29, 1.82) is 0 Å². The topological polar surface area (TPSA) is 84.9 Å². The van der Waals surface area contributed by atoms with Crippen molar-refractivity contribution in [1.82, 2.24) is 5.32 Å². The summed E-state index contributed by atoms with van der Waals surface area (Å²) in [6.45, 7) is 2.89. The first-order valence-electron chi connectivity index (χ1n) is 6.55. The maximum absolute atomic E-state index is 11.4. The molecule has 0 spiro atoms. The van der Waals surface area contributed by atoms with Gasteiger partial charge in [0.2, 0.25) is 5.91 Å². The lowest BCUT2D eigenvalue weighted by molar-refractivity contribution is -0.131. The number of hydrogen-bond acceptors (Lipinski definition) is 4. The molecule has 6 nitrogen and oxygen atoms in total. The highest BCUT2D eigenvalue weighted by Crippen LogP contribution is 2.28. The van der Waals surface area contributed by atoms with Crippen molar-refractivity contribution in [3.05, 3.63) is 35.9 Å². The van der Waals surface area contributed by atoms with Crippen LogP contribution in [-0.4, -0.2) is 30.7 Å². The Kier molecular flexibility index (Phi) is 6.80. The molecule has 0 atom stereocenters. The predicted molar refractivity (Wildman–Crippen MR) is 77.4 cm³/mol. The summed E-state index contributed by atoms with van der Waals surface area (Å²) in [4.78, 5) is 21.7. The molecule has 0 unspecified atom stereocenters. The fourth-order valence-electron chi connectivity index (χ4n) is 1.55. The van der Waals surface area contributed by atoms with E-state index < -0.39 is 11.9 Å². The van der Waals surface area contributed by atoms with Crippen molar-refractivity contribution >= 4 is 11.9 Å². The lowest BCUT2D eigenvalue weighted by atomic mass is 10.2. The van der Waals surface area contributed by atoms with Gasteiger partial charge < -0.3 is 19.9 Å². The smallest absolute Gasteiger partial charge is 0.328 e. The molecule has 114 valence electrons. The molecule has 6 heteroatoms. The summed E-state index contributed by atoms with van der Waals surface area (Å²) in [6, 6.07) is 5.37. The molecule has 0 saturated carbocycles. The number of amides is 1. The molecule has 0 aromatic heterocycles. The van der Waals surface area contributed by atoms with Crippen molar-refractivity contribution < 1.29 is 24.2 Å². The summed E-state index contributed by atoms with van der Waals surface area (Å²) >= 11 is 0. The lowest BCUT2D eigenvalue weighted by Crippen LogP contribution is -2.20. The first-order chi connectivity index (χ1) is 10.1. The molecule has 1 rings (SSSR count). The van der Waals surface area contributed by atoms with Crippen LogP contribution in [0.1, 0.15) is 18.9 Å². The predicted octanol–water partition coefficient (Wildman–Crippen LogP) is 1.74. The van der Waals surface area contributed by atoms with Gasteiger partial charge in [0.1, 0.15) is 0 Å². The van der Waals surface area contributed by atoms with Gasteiger partial charge in [-0.1, -0.05) is 13.0 Å². The lowest BCUT2D eigenvalue weighted by Gasteiger charge is -2.11. The zero-order valence-corrected chi connectivity index (χ0v) is 12.1. The van der Waals surface area contributed by atoms with E-state index in [9.17, 15) is 9.59 Å². The normalized spacial score (nSPS) is 10.4. The molecular weight excluding hydrogens is 274 g/mol. The largest absolute Gasteiger partial charge is 0.493 e. The van der Waals surface area contributed by atoms with E-state index in [1.807, 2.05) is 13.0 Å². The zero-order chi connectivity index (χ0) is 15.7. The van der Waals surface area contributed by atoms with Crippen LogP contribution in [0.15, 0.2) is 30.4 Å². The maximum Gasteiger partial charge on any atom is 0.328 e. The number of hydrogen-bond donors (Lipinski definition) is 2. The SMILES string of the molecule is CCCOc1ccc(CNC(=O)/C=C/C(=O)O)cc1OC. The number of ether oxygens (including phenoxy) is 2. The number of carbonyl (C=O) groups excluding carboxylic acids is 1. The summed E-state index contributed by atoms with van der Waals surface area (Å²) in [7, 11) is 1.55. The minimum Gasteiger partial charge on any atom is -0.493 e. The Bertz CT molecular complexity index is 525. The van der Waals surface area contributed by atoms with E-state index in [0.717, 1.165) is 24.1 Å². The highest BCUT2D eigenvalue weighted by Gasteiger charge is 2.06. The Morgan fingerprint density at radius 1 is 1.29 bits per heavy atom. The molecule has 0 aliphatic heterocycles. The van der Waals surface area contributed by atoms with Crippen LogP contribution in [0.2, 0.25) is 0 Å². The number of nitrogens with one attached hydrogen (secondary N) is 1. The van der Waals surface area contributed by atoms with Gasteiger partial charge in [0.05, 0.1) is 13.7 Å². The fourth-order valence-corrected chi connectivity index (χ4v) is 1.55. The third-order valence-electron chi connectivity index (χ3n) is 2.53. The van der Waals surface area contributed by atoms with Gasteiger partial charge in [-0.3, -0.25) is 4.79 Å². The van der Waals surface area contributed by atoms with Gasteiger partial charge in [0.15, 0.2) is 11.5 Å². The van der Waals surface area contributed by atoms with Gasteiger partial charge in [-0.25, -0.2) is 4.79 Å². The molecule has 21 heavy (non-hydrogen) atoms. The van der Waals surface area contributed by atoms with Crippen LogP contribution < -0.4 is 14.8 Å². The van der Waals surface area contributed by atoms with Crippen molar-refractivity contribution in [2.24, 2.45) is 0 Å². The maximum atomic E-state index is 11.4. The summed E-state index contributed by atoms with van der Waals surface area (Å²) in [5.74, 6) is -0.386. The second-order valence-corrected chi connectivity index (χ2v) is 4.22. The molecule has 0 heterocycles. The highest BCUT2D eigenvalue weighted by molar-refractivity contribution is 5.93. The molecule has 0 aliphatic rings. The van der Waals surface area contributed by atoms with E-state index in [4.69, 9.17) is 14.6 Å². The molecular formula is C15H19NO5. The number of carbonyl (C=O) groups is 2. The van der Waals surface area contributed by atoms with Crippen LogP contribution in [-0.2, 0) is 16.1 Å². The molecule has 1 aromatic carbocycles. The van der Waals surface area contributed by atoms with Crippen LogP contribution in [0, 0.1) is 0 Å². The van der Waals surface area contributed by atoms with Crippen LogP contribution >= 0.6 is 0 Å². The quantitative estimate of drug-likeness (QED) is 0.713. The first kappa shape index (κ1) is 16.6. The fraction of sp³-hybridized carbons (Fsp3) is 0.333. The van der Waals surface area contributed by atoms with Crippen molar-refractivity contribution in [2.75, 3.05) is 13.7 Å². The summed E-state index contributed by atoms with van der Waals surface area (Å²) in [6.07, 6.45) is 2.66. The molecule has 2 N–H and O–H groups in total. The Hall–Kier alpha value is -2.50. The number of rotatable bonds is 8. The summed E-state index contributed by atoms with van der Waals surface area (Å²) in [5, 5.41) is 11.0. The van der Waals surface area contributed by atoms with E-state index in [1.54, 1.807) is 19.2 Å². The number of benzene rings is 1. The van der Waals surface area contributed by atoms with Gasteiger partial charge >= 0.3 is 5.97 Å². The van der Waals surface area contributed by atoms with Gasteiger partial charge in [-0.15, -0.1) is 0 Å². The standard InChI is InChI=1S/C15H19NO5/c1-3-8-21-12-5-4-11(9-13(12)20-2)10-16-14(17)6-7-15(18)19/h4-7,9H,3,8,10H2,1-2H3,(H,16,17)(H,18,19)/b7-6+. The van der Waals surface area contributed by atoms with Crippen LogP contribution in [0.25, 0.3) is 0 Å². The minimum atomic E-state index is -1.16. The van der Waals surface area contributed by atoms with E-state index in [-0.39, 0.29) is 6.54 Å². The van der Waals surface area contributed by atoms with Crippen LogP contribution in [0.3, 0.4) is 0 Å². The van der Waals surface area contributed by atoms with Gasteiger partial charge in [0, 0.05) is 18.7 Å². The van der Waals surface area contributed by atoms with E-state index in [1.165, 1.54) is 0 Å². The number of aliphatic carboxylic acids is 1. The van der Waals surface area contributed by atoms with Crippen molar-refractivity contribution in [2.45, 2.75) is 19.9 Å². The first-order valence-corrected chi connectivity index (χ1v) is 6.55. The summed E-state index contributed by atoms with van der Waals surface area (Å²) in [5.41, 5.74) is 0.827. The molecule has 0 saturated heterocycles. The Morgan fingerprint density at radius 2 is 2.05 bits per heavy atom. The van der Waals surface area contributed by atoms with Crippen LogP contribution in [0.5, 0.6) is 11.5 Å². The third kappa shape index (κ3) is 5.99. The highest BCUT2D eigenvalue weighted by atomic mass is 16.5. The number of methoxy groups -OCH3 is 1. The Morgan fingerprint density at radius 3 is 2.67 bits per heavy atom. The molecule has 0 bridgehead atoms. The Labute approximate surface area is 123 Å². The monoisotopic (exact) mass is 293 g/mol. The van der Waals surface area contributed by atoms with E-state index in [2.05, 4.69) is 5.32 Å². The number of carboxylic acids is 1. The van der Waals surface area contributed by atoms with Crippen molar-refractivity contribution in [3.8, 4) is 11.5 Å². The van der Waals surface area contributed by atoms with E-state index >= 15 is 0 Å². The van der Waals surface area contributed by atoms with Crippen molar-refractivity contribution in [3.63, 3.8) is 0 Å². The van der Waals surface area contributed by atoms with Gasteiger partial charge in [0.25, 0.3) is 0 Å². The average molecular weight is 293 g/mol. The second kappa shape index (κ2) is 8.63. The zero-order valence-electron chi connectivity index (χ0n) is 12.1. The van der Waals surface area contributed by atoms with Crippen LogP contribution in [0.4, 0.5) is 0 Å². The second-order valence-electron chi connectivity index (χ2n) is 4.22. The molecule has 0 fully saturated rings. The average Bonchev–Trinajstić information content (AvgIpc) is 2.49. The minimum absolute atomic E-state index is 0.271. The molecule has 0 aliphatic carbocycles. The Balaban J connectivity index is 2.63. The van der Waals surface area contributed by atoms with E-state index in [0.29, 0.717) is 18.1 Å².